The summed E-state index contributed by atoms with van der Waals surface area (Å²) in [5.74, 6) is 0.665. The Morgan fingerprint density at radius 1 is 1.05 bits per heavy atom. The first kappa shape index (κ1) is 19.2. The first-order valence-corrected chi connectivity index (χ1v) is 7.80. The number of hydrogen-bond acceptors (Lipinski definition) is 3. The largest absolute Gasteiger partial charge is 0.400 e. The molecule has 3 nitrogen and oxygen atoms in total. The number of unbranched alkanes of at least 4 members (excludes halogenated alkanes) is 1. The van der Waals surface area contributed by atoms with Gasteiger partial charge >= 0.3 is 0 Å². The highest BCUT2D eigenvalue weighted by molar-refractivity contribution is 6.18. The van der Waals surface area contributed by atoms with E-state index in [9.17, 15) is 0 Å². The second-order valence-electron chi connectivity index (χ2n) is 4.52. The molecule has 0 heterocycles. The van der Waals surface area contributed by atoms with Crippen LogP contribution in [0.3, 0.4) is 0 Å². The van der Waals surface area contributed by atoms with E-state index in [0.29, 0.717) is 5.88 Å². The summed E-state index contributed by atoms with van der Waals surface area (Å²) in [4.78, 5) is 2.32. The van der Waals surface area contributed by atoms with Crippen LogP contribution in [0.5, 0.6) is 0 Å². The molecule has 4 heteroatoms. The van der Waals surface area contributed by atoms with Crippen molar-refractivity contribution in [3.8, 4) is 0 Å². The Labute approximate surface area is 128 Å². The van der Waals surface area contributed by atoms with Crippen molar-refractivity contribution in [2.45, 2.75) is 32.6 Å². The molecule has 0 unspecified atom stereocenters. The molecule has 0 aliphatic heterocycles. The molecule has 116 valence electrons. The molecule has 0 aliphatic carbocycles. The number of rotatable bonds is 9. The monoisotopic (exact) mass is 301 g/mol. The van der Waals surface area contributed by atoms with Crippen LogP contribution < -0.4 is 4.90 Å². The zero-order valence-corrected chi connectivity index (χ0v) is 13.4. The Morgan fingerprint density at radius 2 is 1.70 bits per heavy atom. The van der Waals surface area contributed by atoms with Gasteiger partial charge in [-0.3, -0.25) is 0 Å². The van der Waals surface area contributed by atoms with E-state index >= 15 is 0 Å². The van der Waals surface area contributed by atoms with Crippen molar-refractivity contribution in [2.24, 2.45) is 0 Å². The fourth-order valence-electron chi connectivity index (χ4n) is 2.06. The molecule has 0 saturated carbocycles. The van der Waals surface area contributed by atoms with Crippen LogP contribution in [-0.4, -0.2) is 42.9 Å². The number of anilines is 1. The SMILES string of the molecule is CCCN(CCCl)c1ccc(CCCCO)cc1.CO. The molecule has 1 aromatic rings. The first-order chi connectivity index (χ1) is 9.81. The molecule has 0 spiro atoms. The second-order valence-corrected chi connectivity index (χ2v) is 4.90. The summed E-state index contributed by atoms with van der Waals surface area (Å²) in [7, 11) is 1.00. The molecule has 1 rings (SSSR count). The van der Waals surface area contributed by atoms with Crippen molar-refractivity contribution in [3.63, 3.8) is 0 Å². The minimum atomic E-state index is 0.290. The summed E-state index contributed by atoms with van der Waals surface area (Å²) in [5.41, 5.74) is 2.60. The molecular formula is C16H28ClNO2. The highest BCUT2D eigenvalue weighted by Crippen LogP contribution is 2.17. The minimum absolute atomic E-state index is 0.290. The van der Waals surface area contributed by atoms with Gasteiger partial charge in [-0.1, -0.05) is 19.1 Å². The maximum absolute atomic E-state index is 8.76. The molecule has 0 amide bonds. The van der Waals surface area contributed by atoms with Gasteiger partial charge < -0.3 is 15.1 Å². The summed E-state index contributed by atoms with van der Waals surface area (Å²) in [6.45, 7) is 4.43. The number of benzene rings is 1. The Kier molecular flexibility index (Phi) is 12.7. The third-order valence-corrected chi connectivity index (χ3v) is 3.19. The second kappa shape index (κ2) is 13.2. The summed E-state index contributed by atoms with van der Waals surface area (Å²) < 4.78 is 0. The maximum Gasteiger partial charge on any atom is 0.0431 e. The molecule has 0 fully saturated rings. The van der Waals surface area contributed by atoms with Crippen molar-refractivity contribution in [1.29, 1.82) is 0 Å². The molecule has 0 radical (unpaired) electrons. The van der Waals surface area contributed by atoms with Gasteiger partial charge in [0, 0.05) is 38.4 Å². The predicted octanol–water partition coefficient (Wildman–Crippen LogP) is 3.07. The predicted molar refractivity (Wildman–Crippen MR) is 87.8 cm³/mol. The van der Waals surface area contributed by atoms with Gasteiger partial charge in [-0.15, -0.1) is 11.6 Å². The Morgan fingerprint density at radius 3 is 2.20 bits per heavy atom. The molecule has 2 N–H and O–H groups in total. The average Bonchev–Trinajstić information content (AvgIpc) is 2.50. The van der Waals surface area contributed by atoms with Crippen LogP contribution in [0.4, 0.5) is 5.69 Å². The van der Waals surface area contributed by atoms with E-state index in [4.69, 9.17) is 21.8 Å². The van der Waals surface area contributed by atoms with Gasteiger partial charge in [-0.05, 0) is 43.4 Å². The summed E-state index contributed by atoms with van der Waals surface area (Å²) >= 11 is 5.83. The van der Waals surface area contributed by atoms with Gasteiger partial charge in [0.05, 0.1) is 0 Å². The number of aryl methyl sites for hydroxylation is 1. The minimum Gasteiger partial charge on any atom is -0.400 e. The number of halogens is 1. The third kappa shape index (κ3) is 7.73. The molecule has 20 heavy (non-hydrogen) atoms. The lowest BCUT2D eigenvalue weighted by molar-refractivity contribution is 0.284. The van der Waals surface area contributed by atoms with E-state index in [1.54, 1.807) is 0 Å². The summed E-state index contributed by atoms with van der Waals surface area (Å²) in [5, 5.41) is 15.8. The van der Waals surface area contributed by atoms with Gasteiger partial charge in [0.25, 0.3) is 0 Å². The van der Waals surface area contributed by atoms with E-state index in [-0.39, 0.29) is 6.61 Å². The Balaban J connectivity index is 0.00000172. The molecule has 0 saturated heterocycles. The average molecular weight is 302 g/mol. The third-order valence-electron chi connectivity index (χ3n) is 3.02. The van der Waals surface area contributed by atoms with E-state index in [2.05, 4.69) is 36.1 Å². The van der Waals surface area contributed by atoms with Crippen LogP contribution in [0.15, 0.2) is 24.3 Å². The Hall–Kier alpha value is -0.770. The fraction of sp³-hybridized carbons (Fsp3) is 0.625. The molecule has 0 atom stereocenters. The van der Waals surface area contributed by atoms with E-state index < -0.39 is 0 Å². The first-order valence-electron chi connectivity index (χ1n) is 7.27. The van der Waals surface area contributed by atoms with Gasteiger partial charge in [-0.25, -0.2) is 0 Å². The number of aliphatic hydroxyl groups excluding tert-OH is 2. The highest BCUT2D eigenvalue weighted by atomic mass is 35.5. The van der Waals surface area contributed by atoms with Gasteiger partial charge in [0.2, 0.25) is 0 Å². The van der Waals surface area contributed by atoms with E-state index in [1.807, 2.05) is 0 Å². The van der Waals surface area contributed by atoms with Crippen LogP contribution in [-0.2, 0) is 6.42 Å². The summed E-state index contributed by atoms with van der Waals surface area (Å²) in [6.07, 6.45) is 4.12. The fourth-order valence-corrected chi connectivity index (χ4v) is 2.26. The van der Waals surface area contributed by atoms with Gasteiger partial charge in [-0.2, -0.15) is 0 Å². The zero-order chi connectivity index (χ0) is 15.2. The van der Waals surface area contributed by atoms with Gasteiger partial charge in [0.1, 0.15) is 0 Å². The van der Waals surface area contributed by atoms with Crippen molar-refractivity contribution in [3.05, 3.63) is 29.8 Å². The van der Waals surface area contributed by atoms with Crippen LogP contribution in [0.25, 0.3) is 0 Å². The topological polar surface area (TPSA) is 43.7 Å². The smallest absolute Gasteiger partial charge is 0.0431 e. The lowest BCUT2D eigenvalue weighted by Gasteiger charge is -2.23. The Bertz CT molecular complexity index is 311. The number of alkyl halides is 1. The van der Waals surface area contributed by atoms with Crippen molar-refractivity contribution in [1.82, 2.24) is 0 Å². The maximum atomic E-state index is 8.76. The van der Waals surface area contributed by atoms with Crippen LogP contribution in [0.1, 0.15) is 31.7 Å². The van der Waals surface area contributed by atoms with Crippen LogP contribution in [0.2, 0.25) is 0 Å². The van der Waals surface area contributed by atoms with Crippen molar-refractivity contribution >= 4 is 17.3 Å². The lowest BCUT2D eigenvalue weighted by atomic mass is 10.1. The standard InChI is InChI=1S/C15H24ClNO.CH4O/c1-2-11-17(12-10-16)15-8-6-14(7-9-15)5-3-4-13-18;1-2/h6-9,18H,2-5,10-13H2,1H3;2H,1H3. The molecular weight excluding hydrogens is 274 g/mol. The summed E-state index contributed by atoms with van der Waals surface area (Å²) in [6, 6.07) is 8.72. The van der Waals surface area contributed by atoms with E-state index in [1.165, 1.54) is 11.3 Å². The molecule has 0 bridgehead atoms. The number of aliphatic hydroxyl groups is 2. The van der Waals surface area contributed by atoms with E-state index in [0.717, 1.165) is 45.9 Å². The molecule has 0 aromatic heterocycles. The number of nitrogens with zero attached hydrogens (tertiary/aromatic N) is 1. The van der Waals surface area contributed by atoms with Crippen molar-refractivity contribution in [2.75, 3.05) is 37.6 Å². The van der Waals surface area contributed by atoms with Crippen LogP contribution >= 0.6 is 11.6 Å². The molecule has 0 aliphatic rings. The van der Waals surface area contributed by atoms with Gasteiger partial charge in [0.15, 0.2) is 0 Å². The lowest BCUT2D eigenvalue weighted by Crippen LogP contribution is -2.26. The normalized spacial score (nSPS) is 9.85. The zero-order valence-electron chi connectivity index (χ0n) is 12.7. The van der Waals surface area contributed by atoms with Crippen LogP contribution in [0, 0.1) is 0 Å². The molecule has 1 aromatic carbocycles. The van der Waals surface area contributed by atoms with Crippen molar-refractivity contribution < 1.29 is 10.2 Å². The quantitative estimate of drug-likeness (QED) is 0.544. The number of hydrogen-bond donors (Lipinski definition) is 2. The highest BCUT2D eigenvalue weighted by Gasteiger charge is 2.04.